The van der Waals surface area contributed by atoms with E-state index in [4.69, 9.17) is 9.57 Å². The molecule has 0 saturated heterocycles. The Balaban J connectivity index is 1.76. The van der Waals surface area contributed by atoms with Crippen LogP contribution in [0.2, 0.25) is 0 Å². The van der Waals surface area contributed by atoms with Crippen LogP contribution >= 0.6 is 0 Å². The second kappa shape index (κ2) is 8.31. The molecule has 7 nitrogen and oxygen atoms in total. The number of hydroxylamine groups is 1. The van der Waals surface area contributed by atoms with Gasteiger partial charge in [0.25, 0.3) is 0 Å². The summed E-state index contributed by atoms with van der Waals surface area (Å²) in [5.41, 5.74) is 2.51. The van der Waals surface area contributed by atoms with Gasteiger partial charge in [0.2, 0.25) is 0 Å². The summed E-state index contributed by atoms with van der Waals surface area (Å²) < 4.78 is 5.21. The summed E-state index contributed by atoms with van der Waals surface area (Å²) in [5, 5.41) is 13.0. The standard InChI is InChI=1S/C18H26N2O5/c1-18(2,3)24-17(23)19-13-9-10-14(15(21)11-13)20-25-16(22)12-7-5-4-6-8-12/h4-8,13-15,20-21H,9-11H2,1-3H3,(H,19,23)/t13-,14-,15-/m0/s1. The molecule has 3 atom stereocenters. The lowest BCUT2D eigenvalue weighted by Gasteiger charge is -2.33. The van der Waals surface area contributed by atoms with Crippen LogP contribution < -0.4 is 10.8 Å². The van der Waals surface area contributed by atoms with Crippen LogP contribution in [0.5, 0.6) is 0 Å². The molecule has 0 spiro atoms. The molecule has 3 N–H and O–H groups in total. The normalized spacial score (nSPS) is 23.6. The fraction of sp³-hybridized carbons (Fsp3) is 0.556. The zero-order valence-electron chi connectivity index (χ0n) is 14.8. The maximum Gasteiger partial charge on any atom is 0.407 e. The molecule has 0 unspecified atom stereocenters. The van der Waals surface area contributed by atoms with Crippen molar-refractivity contribution < 1.29 is 24.3 Å². The number of aliphatic hydroxyl groups excluding tert-OH is 1. The third kappa shape index (κ3) is 6.36. The van der Waals surface area contributed by atoms with Crippen LogP contribution in [0.15, 0.2) is 30.3 Å². The molecule has 2 rings (SSSR count). The summed E-state index contributed by atoms with van der Waals surface area (Å²) in [6.07, 6.45) is 0.337. The highest BCUT2D eigenvalue weighted by Gasteiger charge is 2.31. The van der Waals surface area contributed by atoms with Gasteiger partial charge in [-0.05, 0) is 52.2 Å². The van der Waals surface area contributed by atoms with Crippen molar-refractivity contribution in [3.63, 3.8) is 0 Å². The molecule has 1 aromatic rings. The maximum absolute atomic E-state index is 11.9. The number of aliphatic hydroxyl groups is 1. The molecule has 1 saturated carbocycles. The van der Waals surface area contributed by atoms with Gasteiger partial charge >= 0.3 is 12.1 Å². The van der Waals surface area contributed by atoms with Crippen LogP contribution in [-0.2, 0) is 9.57 Å². The number of nitrogens with one attached hydrogen (secondary N) is 2. The van der Waals surface area contributed by atoms with E-state index in [1.807, 2.05) is 6.07 Å². The molecular formula is C18H26N2O5. The average molecular weight is 350 g/mol. The minimum atomic E-state index is -0.739. The molecule has 0 aliphatic heterocycles. The number of carbonyl (C=O) groups is 2. The highest BCUT2D eigenvalue weighted by Crippen LogP contribution is 2.20. The highest BCUT2D eigenvalue weighted by atomic mass is 16.7. The molecular weight excluding hydrogens is 324 g/mol. The van der Waals surface area contributed by atoms with Gasteiger partial charge in [-0.15, -0.1) is 5.48 Å². The van der Waals surface area contributed by atoms with Crippen molar-refractivity contribution in [2.75, 3.05) is 0 Å². The summed E-state index contributed by atoms with van der Waals surface area (Å²) in [6.45, 7) is 5.38. The third-order valence-electron chi connectivity index (χ3n) is 3.85. The SMILES string of the molecule is CC(C)(C)OC(=O)N[C@H]1CC[C@H](NOC(=O)c2ccccc2)[C@@H](O)C1. The summed E-state index contributed by atoms with van der Waals surface area (Å²) in [5.74, 6) is -0.498. The van der Waals surface area contributed by atoms with Crippen molar-refractivity contribution in [3.05, 3.63) is 35.9 Å². The molecule has 7 heteroatoms. The summed E-state index contributed by atoms with van der Waals surface area (Å²) in [6, 6.07) is 8.08. The van der Waals surface area contributed by atoms with Gasteiger partial charge in [0.1, 0.15) is 5.60 Å². The summed E-state index contributed by atoms with van der Waals surface area (Å²) in [4.78, 5) is 28.7. The lowest BCUT2D eigenvalue weighted by Crippen LogP contribution is -2.50. The molecule has 1 aromatic carbocycles. The molecule has 0 aromatic heterocycles. The molecule has 1 aliphatic rings. The maximum atomic E-state index is 11.9. The van der Waals surface area contributed by atoms with Crippen LogP contribution in [0.1, 0.15) is 50.4 Å². The lowest BCUT2D eigenvalue weighted by molar-refractivity contribution is -0.0221. The van der Waals surface area contributed by atoms with E-state index in [0.717, 1.165) is 0 Å². The van der Waals surface area contributed by atoms with E-state index < -0.39 is 23.8 Å². The van der Waals surface area contributed by atoms with E-state index in [0.29, 0.717) is 24.8 Å². The number of alkyl carbamates (subject to hydrolysis) is 1. The van der Waals surface area contributed by atoms with Crippen molar-refractivity contribution in [1.29, 1.82) is 0 Å². The Kier molecular flexibility index (Phi) is 6.39. The number of hydrogen-bond acceptors (Lipinski definition) is 6. The summed E-state index contributed by atoms with van der Waals surface area (Å²) in [7, 11) is 0. The Morgan fingerprint density at radius 1 is 1.16 bits per heavy atom. The van der Waals surface area contributed by atoms with E-state index >= 15 is 0 Å². The first-order chi connectivity index (χ1) is 11.7. The minimum Gasteiger partial charge on any atom is -0.444 e. The number of benzene rings is 1. The first-order valence-electron chi connectivity index (χ1n) is 8.44. The first-order valence-corrected chi connectivity index (χ1v) is 8.44. The number of ether oxygens (including phenoxy) is 1. The predicted octanol–water partition coefficient (Wildman–Crippen LogP) is 2.15. The Bertz CT molecular complexity index is 585. The molecule has 138 valence electrons. The van der Waals surface area contributed by atoms with Gasteiger partial charge in [-0.1, -0.05) is 18.2 Å². The topological polar surface area (TPSA) is 96.9 Å². The van der Waals surface area contributed by atoms with Crippen LogP contribution in [0.4, 0.5) is 4.79 Å². The molecule has 0 bridgehead atoms. The van der Waals surface area contributed by atoms with Crippen molar-refractivity contribution in [3.8, 4) is 0 Å². The largest absolute Gasteiger partial charge is 0.444 e. The zero-order chi connectivity index (χ0) is 18.4. The molecule has 0 heterocycles. The van der Waals surface area contributed by atoms with Gasteiger partial charge in [0.15, 0.2) is 0 Å². The Hall–Kier alpha value is -2.12. The van der Waals surface area contributed by atoms with E-state index in [2.05, 4.69) is 10.8 Å². The van der Waals surface area contributed by atoms with Gasteiger partial charge < -0.3 is 20.0 Å². The lowest BCUT2D eigenvalue weighted by atomic mass is 9.89. The van der Waals surface area contributed by atoms with Gasteiger partial charge in [0.05, 0.1) is 17.7 Å². The minimum absolute atomic E-state index is 0.173. The van der Waals surface area contributed by atoms with Gasteiger partial charge in [-0.25, -0.2) is 9.59 Å². The van der Waals surface area contributed by atoms with E-state index in [9.17, 15) is 14.7 Å². The van der Waals surface area contributed by atoms with Crippen molar-refractivity contribution in [2.24, 2.45) is 0 Å². The predicted molar refractivity (Wildman–Crippen MR) is 91.8 cm³/mol. The second-order valence-electron chi connectivity index (χ2n) is 7.20. The molecule has 1 fully saturated rings. The van der Waals surface area contributed by atoms with Crippen molar-refractivity contribution in [1.82, 2.24) is 10.8 Å². The highest BCUT2D eigenvalue weighted by molar-refractivity contribution is 5.89. The first kappa shape index (κ1) is 19.2. The molecule has 0 radical (unpaired) electrons. The molecule has 1 aliphatic carbocycles. The van der Waals surface area contributed by atoms with Crippen molar-refractivity contribution >= 4 is 12.1 Å². The second-order valence-corrected chi connectivity index (χ2v) is 7.20. The smallest absolute Gasteiger partial charge is 0.407 e. The number of hydrogen-bond donors (Lipinski definition) is 3. The van der Waals surface area contributed by atoms with Gasteiger partial charge in [0, 0.05) is 6.04 Å². The molecule has 25 heavy (non-hydrogen) atoms. The fourth-order valence-electron chi connectivity index (χ4n) is 2.65. The van der Waals surface area contributed by atoms with E-state index in [1.54, 1.807) is 45.0 Å². The Labute approximate surface area is 147 Å². The van der Waals surface area contributed by atoms with Crippen LogP contribution in [0, 0.1) is 0 Å². The van der Waals surface area contributed by atoms with Gasteiger partial charge in [-0.2, -0.15) is 0 Å². The number of rotatable bonds is 4. The van der Waals surface area contributed by atoms with Gasteiger partial charge in [-0.3, -0.25) is 0 Å². The quantitative estimate of drug-likeness (QED) is 0.720. The fourth-order valence-corrected chi connectivity index (χ4v) is 2.65. The van der Waals surface area contributed by atoms with Crippen LogP contribution in [0.25, 0.3) is 0 Å². The third-order valence-corrected chi connectivity index (χ3v) is 3.85. The van der Waals surface area contributed by atoms with E-state index in [1.165, 1.54) is 0 Å². The Morgan fingerprint density at radius 2 is 1.84 bits per heavy atom. The average Bonchev–Trinajstić information content (AvgIpc) is 2.52. The number of amides is 1. The Morgan fingerprint density at radius 3 is 2.44 bits per heavy atom. The number of carbonyl (C=O) groups excluding carboxylic acids is 2. The summed E-state index contributed by atoms with van der Waals surface area (Å²) >= 11 is 0. The van der Waals surface area contributed by atoms with E-state index in [-0.39, 0.29) is 12.1 Å². The van der Waals surface area contributed by atoms with Crippen LogP contribution in [0.3, 0.4) is 0 Å². The zero-order valence-corrected chi connectivity index (χ0v) is 14.8. The molecule has 1 amide bonds. The van der Waals surface area contributed by atoms with Crippen molar-refractivity contribution in [2.45, 2.75) is 63.8 Å². The van der Waals surface area contributed by atoms with Crippen LogP contribution in [-0.4, -0.2) is 41.0 Å². The monoisotopic (exact) mass is 350 g/mol.